The van der Waals surface area contributed by atoms with Crippen molar-refractivity contribution < 1.29 is 4.74 Å². The fourth-order valence-corrected chi connectivity index (χ4v) is 3.67. The van der Waals surface area contributed by atoms with Gasteiger partial charge < -0.3 is 9.64 Å². The molecule has 0 aliphatic carbocycles. The summed E-state index contributed by atoms with van der Waals surface area (Å²) in [6, 6.07) is 18.1. The minimum Gasteiger partial charge on any atom is -0.492 e. The lowest BCUT2D eigenvalue weighted by Gasteiger charge is -2.21. The van der Waals surface area contributed by atoms with Crippen molar-refractivity contribution in [3.8, 4) is 5.75 Å². The molecule has 3 unspecified atom stereocenters. The van der Waals surface area contributed by atoms with E-state index in [0.717, 1.165) is 25.3 Å². The number of ether oxygens (including phenoxy) is 1. The topological polar surface area (TPSA) is 12.5 Å². The van der Waals surface area contributed by atoms with E-state index in [2.05, 4.69) is 95.2 Å². The highest BCUT2D eigenvalue weighted by molar-refractivity contribution is 5.31. The van der Waals surface area contributed by atoms with Gasteiger partial charge in [0.25, 0.3) is 0 Å². The second kappa shape index (κ2) is 11.3. The van der Waals surface area contributed by atoms with Gasteiger partial charge in [-0.1, -0.05) is 64.1 Å². The van der Waals surface area contributed by atoms with Crippen LogP contribution >= 0.6 is 0 Å². The van der Waals surface area contributed by atoms with Gasteiger partial charge in [0, 0.05) is 6.54 Å². The van der Waals surface area contributed by atoms with Gasteiger partial charge in [-0.3, -0.25) is 0 Å². The standard InChI is InChI=1S/C26H39NO/c1-7-20(3)23-9-11-24(12-10-23)21(4)19-22(8-2)25-13-15-26(16-14-25)28-18-17-27(5)6/h9-16,20-22H,7-8,17-19H2,1-6H3. The highest BCUT2D eigenvalue weighted by atomic mass is 16.5. The molecule has 0 heterocycles. The minimum atomic E-state index is 0.562. The van der Waals surface area contributed by atoms with Crippen molar-refractivity contribution in [3.05, 3.63) is 65.2 Å². The molecule has 0 aliphatic rings. The molecular formula is C26H39NO. The molecule has 0 aliphatic heterocycles. The summed E-state index contributed by atoms with van der Waals surface area (Å²) in [5, 5.41) is 0. The van der Waals surface area contributed by atoms with E-state index in [-0.39, 0.29) is 0 Å². The van der Waals surface area contributed by atoms with Crippen LogP contribution in [0.15, 0.2) is 48.5 Å². The fourth-order valence-electron chi connectivity index (χ4n) is 3.67. The molecular weight excluding hydrogens is 342 g/mol. The van der Waals surface area contributed by atoms with E-state index in [4.69, 9.17) is 4.74 Å². The van der Waals surface area contributed by atoms with Crippen LogP contribution in [0.2, 0.25) is 0 Å². The lowest BCUT2D eigenvalue weighted by molar-refractivity contribution is 0.261. The van der Waals surface area contributed by atoms with E-state index in [1.165, 1.54) is 29.5 Å². The van der Waals surface area contributed by atoms with E-state index in [1.54, 1.807) is 0 Å². The molecule has 28 heavy (non-hydrogen) atoms. The Kier molecular flexibility index (Phi) is 9.05. The molecule has 0 aromatic heterocycles. The van der Waals surface area contributed by atoms with Crippen LogP contribution < -0.4 is 4.74 Å². The third kappa shape index (κ3) is 6.67. The Morgan fingerprint density at radius 2 is 1.29 bits per heavy atom. The predicted octanol–water partition coefficient (Wildman–Crippen LogP) is 6.83. The van der Waals surface area contributed by atoms with E-state index >= 15 is 0 Å². The molecule has 154 valence electrons. The Morgan fingerprint density at radius 1 is 0.750 bits per heavy atom. The number of nitrogens with zero attached hydrogens (tertiary/aromatic N) is 1. The zero-order valence-electron chi connectivity index (χ0n) is 18.7. The lowest BCUT2D eigenvalue weighted by atomic mass is 9.84. The smallest absolute Gasteiger partial charge is 0.119 e. The summed E-state index contributed by atoms with van der Waals surface area (Å²) in [5.74, 6) is 2.76. The van der Waals surface area contributed by atoms with Crippen molar-refractivity contribution >= 4 is 0 Å². The first-order valence-corrected chi connectivity index (χ1v) is 10.9. The van der Waals surface area contributed by atoms with Crippen molar-refractivity contribution in [2.45, 2.75) is 64.7 Å². The summed E-state index contributed by atoms with van der Waals surface area (Å²) in [6.07, 6.45) is 3.54. The van der Waals surface area contributed by atoms with E-state index in [1.807, 2.05) is 0 Å². The first kappa shape index (κ1) is 22.5. The first-order valence-electron chi connectivity index (χ1n) is 10.9. The Balaban J connectivity index is 1.97. The monoisotopic (exact) mass is 381 g/mol. The Labute approximate surface area is 172 Å². The first-order chi connectivity index (χ1) is 13.4. The van der Waals surface area contributed by atoms with E-state index in [9.17, 15) is 0 Å². The fraction of sp³-hybridized carbons (Fsp3) is 0.538. The van der Waals surface area contributed by atoms with Gasteiger partial charge >= 0.3 is 0 Å². The number of likely N-dealkylation sites (N-methyl/N-ethyl adjacent to an activating group) is 1. The molecule has 3 atom stereocenters. The van der Waals surface area contributed by atoms with Gasteiger partial charge in [-0.2, -0.15) is 0 Å². The molecule has 2 aromatic rings. The Hall–Kier alpha value is -1.80. The largest absolute Gasteiger partial charge is 0.492 e. The molecule has 2 heteroatoms. The average Bonchev–Trinajstić information content (AvgIpc) is 2.71. The van der Waals surface area contributed by atoms with Crippen LogP contribution in [0.5, 0.6) is 5.75 Å². The lowest BCUT2D eigenvalue weighted by Crippen LogP contribution is -2.19. The van der Waals surface area contributed by atoms with Crippen LogP contribution in [0.3, 0.4) is 0 Å². The van der Waals surface area contributed by atoms with Crippen LogP contribution in [-0.4, -0.2) is 32.1 Å². The van der Waals surface area contributed by atoms with Crippen LogP contribution in [-0.2, 0) is 0 Å². The van der Waals surface area contributed by atoms with Crippen molar-refractivity contribution in [2.24, 2.45) is 0 Å². The normalized spacial score (nSPS) is 14.7. The highest BCUT2D eigenvalue weighted by Crippen LogP contribution is 2.33. The summed E-state index contributed by atoms with van der Waals surface area (Å²) in [7, 11) is 4.13. The molecule has 0 fully saturated rings. The van der Waals surface area contributed by atoms with E-state index < -0.39 is 0 Å². The maximum absolute atomic E-state index is 5.83. The van der Waals surface area contributed by atoms with Crippen LogP contribution in [0, 0.1) is 0 Å². The highest BCUT2D eigenvalue weighted by Gasteiger charge is 2.16. The third-order valence-electron chi connectivity index (χ3n) is 5.98. The number of rotatable bonds is 11. The Morgan fingerprint density at radius 3 is 1.79 bits per heavy atom. The second-order valence-corrected chi connectivity index (χ2v) is 8.44. The average molecular weight is 382 g/mol. The van der Waals surface area contributed by atoms with Crippen molar-refractivity contribution in [1.29, 1.82) is 0 Å². The second-order valence-electron chi connectivity index (χ2n) is 8.44. The summed E-state index contributed by atoms with van der Waals surface area (Å²) >= 11 is 0. The van der Waals surface area contributed by atoms with Gasteiger partial charge in [0.2, 0.25) is 0 Å². The molecule has 0 radical (unpaired) electrons. The number of benzene rings is 2. The van der Waals surface area contributed by atoms with Gasteiger partial charge in [0.1, 0.15) is 12.4 Å². The molecule has 0 amide bonds. The van der Waals surface area contributed by atoms with Gasteiger partial charge in [-0.25, -0.2) is 0 Å². The molecule has 0 saturated carbocycles. The van der Waals surface area contributed by atoms with Crippen LogP contribution in [0.25, 0.3) is 0 Å². The molecule has 2 nitrogen and oxygen atoms in total. The van der Waals surface area contributed by atoms with Crippen molar-refractivity contribution in [3.63, 3.8) is 0 Å². The molecule has 0 spiro atoms. The van der Waals surface area contributed by atoms with Gasteiger partial charge in [0.05, 0.1) is 0 Å². The summed E-state index contributed by atoms with van der Waals surface area (Å²) in [4.78, 5) is 2.14. The maximum atomic E-state index is 5.83. The number of hydrogen-bond donors (Lipinski definition) is 0. The molecule has 2 rings (SSSR count). The SMILES string of the molecule is CCC(C)c1ccc(C(C)CC(CC)c2ccc(OCCN(C)C)cc2)cc1. The van der Waals surface area contributed by atoms with Crippen molar-refractivity contribution in [2.75, 3.05) is 27.2 Å². The molecule has 0 bridgehead atoms. The third-order valence-corrected chi connectivity index (χ3v) is 5.98. The molecule has 0 saturated heterocycles. The van der Waals surface area contributed by atoms with Gasteiger partial charge in [0.15, 0.2) is 0 Å². The van der Waals surface area contributed by atoms with Gasteiger partial charge in [-0.15, -0.1) is 0 Å². The summed E-state index contributed by atoms with van der Waals surface area (Å²) in [5.41, 5.74) is 4.33. The molecule has 0 N–H and O–H groups in total. The van der Waals surface area contributed by atoms with Crippen molar-refractivity contribution in [1.82, 2.24) is 4.90 Å². The van der Waals surface area contributed by atoms with E-state index in [0.29, 0.717) is 17.8 Å². The zero-order valence-corrected chi connectivity index (χ0v) is 18.7. The summed E-state index contributed by atoms with van der Waals surface area (Å²) < 4.78 is 5.83. The minimum absolute atomic E-state index is 0.562. The maximum Gasteiger partial charge on any atom is 0.119 e. The van der Waals surface area contributed by atoms with Gasteiger partial charge in [-0.05, 0) is 79.9 Å². The quantitative estimate of drug-likeness (QED) is 0.423. The Bertz CT molecular complexity index is 675. The zero-order chi connectivity index (χ0) is 20.5. The van der Waals surface area contributed by atoms with Crippen LogP contribution in [0.4, 0.5) is 0 Å². The number of hydrogen-bond acceptors (Lipinski definition) is 2. The predicted molar refractivity (Wildman–Crippen MR) is 122 cm³/mol. The van der Waals surface area contributed by atoms with Crippen LogP contribution in [0.1, 0.15) is 81.4 Å². The summed E-state index contributed by atoms with van der Waals surface area (Å²) in [6.45, 7) is 10.9. The molecule has 2 aromatic carbocycles.